The summed E-state index contributed by atoms with van der Waals surface area (Å²) in [7, 11) is 0. The van der Waals surface area contributed by atoms with E-state index in [1.807, 2.05) is 0 Å². The van der Waals surface area contributed by atoms with Crippen LogP contribution < -0.4 is 0 Å². The third-order valence-corrected chi connectivity index (χ3v) is 6.03. The number of aryl methyl sites for hydroxylation is 1. The van der Waals surface area contributed by atoms with Gasteiger partial charge in [-0.05, 0) is 79.4 Å². The van der Waals surface area contributed by atoms with Crippen molar-refractivity contribution in [3.8, 4) is 0 Å². The van der Waals surface area contributed by atoms with Crippen LogP contribution >= 0.6 is 0 Å². The zero-order valence-electron chi connectivity index (χ0n) is 13.3. The van der Waals surface area contributed by atoms with E-state index in [9.17, 15) is 0 Å². The molecule has 0 N–H and O–H groups in total. The van der Waals surface area contributed by atoms with E-state index >= 15 is 0 Å². The molecule has 0 saturated heterocycles. The van der Waals surface area contributed by atoms with E-state index in [0.29, 0.717) is 0 Å². The Kier molecular flexibility index (Phi) is 4.48. The van der Waals surface area contributed by atoms with E-state index < -0.39 is 0 Å². The highest BCUT2D eigenvalue weighted by Crippen LogP contribution is 2.38. The van der Waals surface area contributed by atoms with E-state index in [0.717, 1.165) is 17.8 Å². The van der Waals surface area contributed by atoms with Crippen LogP contribution in [-0.4, -0.2) is 0 Å². The molecule has 110 valence electrons. The van der Waals surface area contributed by atoms with Gasteiger partial charge in [0, 0.05) is 0 Å². The summed E-state index contributed by atoms with van der Waals surface area (Å²) >= 11 is 0. The molecule has 2 aliphatic carbocycles. The van der Waals surface area contributed by atoms with Crippen molar-refractivity contribution in [2.75, 3.05) is 0 Å². The summed E-state index contributed by atoms with van der Waals surface area (Å²) in [6.07, 6.45) is 12.6. The monoisotopic (exact) mass is 270 g/mol. The first-order chi connectivity index (χ1) is 9.80. The van der Waals surface area contributed by atoms with Crippen molar-refractivity contribution in [2.45, 2.75) is 77.6 Å². The molecule has 0 heteroatoms. The van der Waals surface area contributed by atoms with Crippen LogP contribution in [0.5, 0.6) is 0 Å². The Morgan fingerprint density at radius 2 is 1.60 bits per heavy atom. The highest BCUT2D eigenvalue weighted by Gasteiger charge is 2.23. The van der Waals surface area contributed by atoms with E-state index in [2.05, 4.69) is 32.0 Å². The van der Waals surface area contributed by atoms with Crippen LogP contribution in [0.1, 0.15) is 81.4 Å². The summed E-state index contributed by atoms with van der Waals surface area (Å²) in [6.45, 7) is 4.70. The van der Waals surface area contributed by atoms with E-state index in [1.54, 1.807) is 16.7 Å². The minimum atomic E-state index is 0.854. The third-order valence-electron chi connectivity index (χ3n) is 6.03. The molecule has 3 rings (SSSR count). The molecule has 0 spiro atoms. The predicted octanol–water partition coefficient (Wildman–Crippen LogP) is 5.89. The highest BCUT2D eigenvalue weighted by molar-refractivity contribution is 5.36. The maximum atomic E-state index is 2.57. The molecule has 1 aromatic carbocycles. The number of hydrogen-bond donors (Lipinski definition) is 0. The Morgan fingerprint density at radius 3 is 2.30 bits per heavy atom. The topological polar surface area (TPSA) is 0 Å². The number of fused-ring (bicyclic) bond motifs is 1. The van der Waals surface area contributed by atoms with Crippen molar-refractivity contribution in [3.05, 3.63) is 34.9 Å². The summed E-state index contributed by atoms with van der Waals surface area (Å²) in [5, 5.41) is 0. The summed E-state index contributed by atoms with van der Waals surface area (Å²) in [4.78, 5) is 0. The average molecular weight is 270 g/mol. The van der Waals surface area contributed by atoms with Crippen molar-refractivity contribution < 1.29 is 0 Å². The van der Waals surface area contributed by atoms with E-state index in [-0.39, 0.29) is 0 Å². The fourth-order valence-electron chi connectivity index (χ4n) is 4.36. The Hall–Kier alpha value is -0.780. The molecular formula is C20H30. The van der Waals surface area contributed by atoms with Gasteiger partial charge >= 0.3 is 0 Å². The Labute approximate surface area is 125 Å². The molecule has 1 fully saturated rings. The first-order valence-corrected chi connectivity index (χ1v) is 8.91. The minimum Gasteiger partial charge on any atom is -0.0651 e. The molecular weight excluding hydrogens is 240 g/mol. The maximum absolute atomic E-state index is 2.57. The molecule has 0 heterocycles. The van der Waals surface area contributed by atoms with E-state index in [1.165, 1.54) is 57.8 Å². The molecule has 0 aromatic heterocycles. The standard InChI is InChI=1S/C20H30/c1-3-15-5-8-17(9-6-15)19-12-11-18-13-16(4-2)7-10-20(18)14-19/h11-12,14-17H,3-10,13H2,1-2H3/t15-,16?,17-. The summed E-state index contributed by atoms with van der Waals surface area (Å²) in [6, 6.07) is 7.48. The molecule has 20 heavy (non-hydrogen) atoms. The van der Waals surface area contributed by atoms with Crippen LogP contribution in [0, 0.1) is 11.8 Å². The molecule has 0 aliphatic heterocycles. The van der Waals surface area contributed by atoms with Gasteiger partial charge in [-0.1, -0.05) is 44.9 Å². The lowest BCUT2D eigenvalue weighted by molar-refractivity contribution is 0.318. The largest absolute Gasteiger partial charge is 0.0651 e. The average Bonchev–Trinajstić information content (AvgIpc) is 2.54. The van der Waals surface area contributed by atoms with Gasteiger partial charge in [-0.15, -0.1) is 0 Å². The number of hydrogen-bond acceptors (Lipinski definition) is 0. The van der Waals surface area contributed by atoms with Crippen LogP contribution in [0.3, 0.4) is 0 Å². The second-order valence-electron chi connectivity index (χ2n) is 7.17. The van der Waals surface area contributed by atoms with Gasteiger partial charge in [0.05, 0.1) is 0 Å². The molecule has 0 radical (unpaired) electrons. The molecule has 1 atom stereocenters. The molecule has 0 bridgehead atoms. The van der Waals surface area contributed by atoms with Gasteiger partial charge in [0.1, 0.15) is 0 Å². The fourth-order valence-corrected chi connectivity index (χ4v) is 4.36. The zero-order chi connectivity index (χ0) is 13.9. The van der Waals surface area contributed by atoms with Crippen molar-refractivity contribution in [1.82, 2.24) is 0 Å². The van der Waals surface area contributed by atoms with Gasteiger partial charge < -0.3 is 0 Å². The van der Waals surface area contributed by atoms with Gasteiger partial charge in [-0.2, -0.15) is 0 Å². The van der Waals surface area contributed by atoms with Crippen LogP contribution in [0.2, 0.25) is 0 Å². The summed E-state index contributed by atoms with van der Waals surface area (Å²) in [5.41, 5.74) is 4.96. The normalized spacial score (nSPS) is 30.0. The zero-order valence-corrected chi connectivity index (χ0v) is 13.3. The molecule has 2 aliphatic rings. The summed E-state index contributed by atoms with van der Waals surface area (Å²) < 4.78 is 0. The lowest BCUT2D eigenvalue weighted by atomic mass is 9.76. The predicted molar refractivity (Wildman–Crippen MR) is 87.2 cm³/mol. The Balaban J connectivity index is 1.70. The third kappa shape index (κ3) is 2.95. The van der Waals surface area contributed by atoms with Crippen molar-refractivity contribution in [1.29, 1.82) is 0 Å². The molecule has 1 unspecified atom stereocenters. The Bertz CT molecular complexity index is 437. The van der Waals surface area contributed by atoms with Gasteiger partial charge in [0.2, 0.25) is 0 Å². The first kappa shape index (κ1) is 14.2. The van der Waals surface area contributed by atoms with Crippen LogP contribution in [0.15, 0.2) is 18.2 Å². The highest BCUT2D eigenvalue weighted by atomic mass is 14.3. The molecule has 1 saturated carbocycles. The Morgan fingerprint density at radius 1 is 0.850 bits per heavy atom. The van der Waals surface area contributed by atoms with Crippen molar-refractivity contribution in [2.24, 2.45) is 11.8 Å². The van der Waals surface area contributed by atoms with Crippen molar-refractivity contribution >= 4 is 0 Å². The molecule has 0 amide bonds. The van der Waals surface area contributed by atoms with Gasteiger partial charge in [-0.25, -0.2) is 0 Å². The van der Waals surface area contributed by atoms with Gasteiger partial charge in [0.15, 0.2) is 0 Å². The quantitative estimate of drug-likeness (QED) is 0.643. The smallest absolute Gasteiger partial charge is 0.0162 e. The van der Waals surface area contributed by atoms with Crippen LogP contribution in [0.25, 0.3) is 0 Å². The van der Waals surface area contributed by atoms with Crippen LogP contribution in [-0.2, 0) is 12.8 Å². The summed E-state index contributed by atoms with van der Waals surface area (Å²) in [5.74, 6) is 2.80. The lowest BCUT2D eigenvalue weighted by Gasteiger charge is -2.30. The SMILES string of the molecule is CCC1CCc2cc([C@H]3CC[C@H](CC)CC3)ccc2C1. The molecule has 1 aromatic rings. The van der Waals surface area contributed by atoms with Crippen molar-refractivity contribution in [3.63, 3.8) is 0 Å². The van der Waals surface area contributed by atoms with Gasteiger partial charge in [-0.3, -0.25) is 0 Å². The second kappa shape index (κ2) is 6.33. The molecule has 0 nitrogen and oxygen atoms in total. The fraction of sp³-hybridized carbons (Fsp3) is 0.700. The van der Waals surface area contributed by atoms with Gasteiger partial charge in [0.25, 0.3) is 0 Å². The van der Waals surface area contributed by atoms with Crippen LogP contribution in [0.4, 0.5) is 0 Å². The first-order valence-electron chi connectivity index (χ1n) is 8.91. The minimum absolute atomic E-state index is 0.854. The number of benzene rings is 1. The second-order valence-corrected chi connectivity index (χ2v) is 7.17. The number of rotatable bonds is 3. The maximum Gasteiger partial charge on any atom is -0.0162 e. The lowest BCUT2D eigenvalue weighted by Crippen LogP contribution is -2.16. The van der Waals surface area contributed by atoms with E-state index in [4.69, 9.17) is 0 Å².